The number of ether oxygens (including phenoxy) is 1. The highest BCUT2D eigenvalue weighted by Gasteiger charge is 2.17. The number of amides is 1. The maximum absolute atomic E-state index is 13.1. The van der Waals surface area contributed by atoms with E-state index in [0.717, 1.165) is 49.7 Å². The summed E-state index contributed by atoms with van der Waals surface area (Å²) >= 11 is 0. The monoisotopic (exact) mass is 565 g/mol. The Morgan fingerprint density at radius 2 is 1.67 bits per heavy atom. The minimum absolute atomic E-state index is 0.0168. The van der Waals surface area contributed by atoms with Crippen molar-refractivity contribution in [2.75, 3.05) is 36.9 Å². The summed E-state index contributed by atoms with van der Waals surface area (Å²) in [4.78, 5) is 33.1. The molecule has 0 bridgehead atoms. The van der Waals surface area contributed by atoms with Gasteiger partial charge in [0.2, 0.25) is 0 Å². The van der Waals surface area contributed by atoms with Crippen LogP contribution in [0.2, 0.25) is 0 Å². The first kappa shape index (κ1) is 29.2. The predicted molar refractivity (Wildman–Crippen MR) is 169 cm³/mol. The molecule has 218 valence electrons. The molecule has 0 spiro atoms. The minimum Gasteiger partial charge on any atom is -0.379 e. The number of nitrogens with one attached hydrogen (secondary N) is 2. The van der Waals surface area contributed by atoms with E-state index < -0.39 is 0 Å². The fourth-order valence-corrected chi connectivity index (χ4v) is 5.03. The highest BCUT2D eigenvalue weighted by molar-refractivity contribution is 6.05. The first-order valence-corrected chi connectivity index (χ1v) is 14.3. The van der Waals surface area contributed by atoms with Crippen molar-refractivity contribution in [2.45, 2.75) is 39.7 Å². The first-order valence-electron chi connectivity index (χ1n) is 14.3. The van der Waals surface area contributed by atoms with Crippen LogP contribution in [0.1, 0.15) is 47.8 Å². The van der Waals surface area contributed by atoms with Crippen LogP contribution in [-0.4, -0.2) is 46.7 Å². The molecule has 4 aromatic rings. The lowest BCUT2D eigenvalue weighted by molar-refractivity contribution is 0.0342. The fourth-order valence-electron chi connectivity index (χ4n) is 5.03. The third-order valence-corrected chi connectivity index (χ3v) is 7.67. The SMILES string of the molecule is Cc1c(NC(=O)c2ccc(C(C)(C)C)cc2)cccc1-c1cn(C)c(=O)c(Nc2ccc(CN3CCOCC3)cc2)n1. The van der Waals surface area contributed by atoms with Crippen molar-refractivity contribution in [1.29, 1.82) is 0 Å². The highest BCUT2D eigenvalue weighted by atomic mass is 16.5. The molecule has 1 aliphatic rings. The summed E-state index contributed by atoms with van der Waals surface area (Å²) in [6.45, 7) is 12.7. The van der Waals surface area contributed by atoms with Gasteiger partial charge in [-0.2, -0.15) is 0 Å². The molecule has 42 heavy (non-hydrogen) atoms. The van der Waals surface area contributed by atoms with E-state index in [1.807, 2.05) is 61.5 Å². The lowest BCUT2D eigenvalue weighted by atomic mass is 9.86. The van der Waals surface area contributed by atoms with Gasteiger partial charge in [0.05, 0.1) is 18.9 Å². The quantitative estimate of drug-likeness (QED) is 0.291. The Balaban J connectivity index is 1.34. The number of aromatic nitrogens is 2. The van der Waals surface area contributed by atoms with E-state index in [0.29, 0.717) is 16.9 Å². The molecule has 3 aromatic carbocycles. The van der Waals surface area contributed by atoms with Crippen molar-refractivity contribution < 1.29 is 9.53 Å². The molecule has 8 heteroatoms. The van der Waals surface area contributed by atoms with Gasteiger partial charge in [-0.15, -0.1) is 0 Å². The van der Waals surface area contributed by atoms with Crippen molar-refractivity contribution >= 4 is 23.1 Å². The predicted octanol–water partition coefficient (Wildman–Crippen LogP) is 5.88. The molecule has 1 aromatic heterocycles. The Morgan fingerprint density at radius 3 is 2.33 bits per heavy atom. The second kappa shape index (κ2) is 12.3. The third-order valence-electron chi connectivity index (χ3n) is 7.67. The number of anilines is 3. The number of rotatable bonds is 7. The zero-order chi connectivity index (χ0) is 29.9. The molecular weight excluding hydrogens is 526 g/mol. The van der Waals surface area contributed by atoms with Crippen LogP contribution in [0, 0.1) is 6.92 Å². The zero-order valence-corrected chi connectivity index (χ0v) is 25.0. The van der Waals surface area contributed by atoms with Crippen LogP contribution in [0.15, 0.2) is 77.7 Å². The Labute approximate surface area is 247 Å². The van der Waals surface area contributed by atoms with Gasteiger partial charge in [-0.25, -0.2) is 4.98 Å². The summed E-state index contributed by atoms with van der Waals surface area (Å²) in [7, 11) is 1.71. The summed E-state index contributed by atoms with van der Waals surface area (Å²) in [5, 5.41) is 6.26. The van der Waals surface area contributed by atoms with E-state index in [1.165, 1.54) is 15.7 Å². The Hall–Kier alpha value is -4.27. The summed E-state index contributed by atoms with van der Waals surface area (Å²) in [5.41, 5.74) is 6.57. The van der Waals surface area contributed by atoms with Crippen LogP contribution in [-0.2, 0) is 23.7 Å². The Bertz CT molecular complexity index is 1610. The minimum atomic E-state index is -0.225. The Kier molecular flexibility index (Phi) is 8.56. The summed E-state index contributed by atoms with van der Waals surface area (Å²) < 4.78 is 6.97. The van der Waals surface area contributed by atoms with Gasteiger partial charge >= 0.3 is 0 Å². The molecule has 1 amide bonds. The van der Waals surface area contributed by atoms with Crippen LogP contribution in [0.25, 0.3) is 11.3 Å². The molecule has 8 nitrogen and oxygen atoms in total. The van der Waals surface area contributed by atoms with Gasteiger partial charge in [0.15, 0.2) is 5.82 Å². The van der Waals surface area contributed by atoms with Crippen LogP contribution >= 0.6 is 0 Å². The van der Waals surface area contributed by atoms with Crippen molar-refractivity contribution in [3.05, 3.63) is 106 Å². The molecule has 1 saturated heterocycles. The normalized spacial score (nSPS) is 14.0. The number of nitrogens with zero attached hydrogens (tertiary/aromatic N) is 3. The fraction of sp³-hybridized carbons (Fsp3) is 0.324. The van der Waals surface area contributed by atoms with E-state index in [2.05, 4.69) is 48.4 Å². The molecular formula is C34H39N5O3. The Morgan fingerprint density at radius 1 is 0.976 bits per heavy atom. The second-order valence-electron chi connectivity index (χ2n) is 11.9. The number of hydrogen-bond acceptors (Lipinski definition) is 6. The molecule has 0 atom stereocenters. The second-order valence-corrected chi connectivity index (χ2v) is 11.9. The number of morpholine rings is 1. The molecule has 0 radical (unpaired) electrons. The van der Waals surface area contributed by atoms with Gasteiger partial charge in [0, 0.05) is 55.4 Å². The van der Waals surface area contributed by atoms with E-state index in [4.69, 9.17) is 9.72 Å². The third kappa shape index (κ3) is 6.78. The largest absolute Gasteiger partial charge is 0.379 e. The van der Waals surface area contributed by atoms with E-state index >= 15 is 0 Å². The number of aryl methyl sites for hydroxylation is 1. The average molecular weight is 566 g/mol. The highest BCUT2D eigenvalue weighted by Crippen LogP contribution is 2.29. The number of carbonyl (C=O) groups excluding carboxylic acids is 1. The number of hydrogen-bond donors (Lipinski definition) is 2. The van der Waals surface area contributed by atoms with Crippen LogP contribution in [0.3, 0.4) is 0 Å². The lowest BCUT2D eigenvalue weighted by Gasteiger charge is -2.26. The van der Waals surface area contributed by atoms with Crippen molar-refractivity contribution in [3.8, 4) is 11.3 Å². The van der Waals surface area contributed by atoms with E-state index in [-0.39, 0.29) is 22.7 Å². The smallest absolute Gasteiger partial charge is 0.293 e. The van der Waals surface area contributed by atoms with Crippen LogP contribution in [0.4, 0.5) is 17.2 Å². The van der Waals surface area contributed by atoms with Gasteiger partial charge in [0.1, 0.15) is 0 Å². The lowest BCUT2D eigenvalue weighted by Crippen LogP contribution is -2.35. The molecule has 2 heterocycles. The number of benzene rings is 3. The molecule has 2 N–H and O–H groups in total. The zero-order valence-electron chi connectivity index (χ0n) is 25.0. The van der Waals surface area contributed by atoms with Crippen molar-refractivity contribution in [1.82, 2.24) is 14.5 Å². The van der Waals surface area contributed by atoms with Gasteiger partial charge < -0.3 is 19.9 Å². The average Bonchev–Trinajstić information content (AvgIpc) is 2.97. The van der Waals surface area contributed by atoms with Crippen molar-refractivity contribution in [3.63, 3.8) is 0 Å². The first-order chi connectivity index (χ1) is 20.1. The molecule has 1 aliphatic heterocycles. The summed E-state index contributed by atoms with van der Waals surface area (Å²) in [5.74, 6) is 0.0623. The van der Waals surface area contributed by atoms with Crippen LogP contribution in [0.5, 0.6) is 0 Å². The molecule has 5 rings (SSSR count). The van der Waals surface area contributed by atoms with Crippen molar-refractivity contribution in [2.24, 2.45) is 7.05 Å². The van der Waals surface area contributed by atoms with Gasteiger partial charge in [-0.1, -0.05) is 57.2 Å². The standard InChI is InChI=1S/C34H39N5O3/c1-23-28(7-6-8-29(23)37-32(40)25-11-13-26(14-12-25)34(2,3)4)30-22-38(5)33(41)31(36-30)35-27-15-9-24(10-16-27)21-39-17-19-42-20-18-39/h6-16,22H,17-21H2,1-5H3,(H,35,36)(H,37,40). The van der Waals surface area contributed by atoms with E-state index in [9.17, 15) is 9.59 Å². The topological polar surface area (TPSA) is 88.5 Å². The number of carbonyl (C=O) groups is 1. The molecule has 1 fully saturated rings. The van der Waals surface area contributed by atoms with Gasteiger partial charge in [0.25, 0.3) is 11.5 Å². The maximum atomic E-state index is 13.1. The van der Waals surface area contributed by atoms with Crippen LogP contribution < -0.4 is 16.2 Å². The van der Waals surface area contributed by atoms with E-state index in [1.54, 1.807) is 13.2 Å². The maximum Gasteiger partial charge on any atom is 0.293 e. The summed E-state index contributed by atoms with van der Waals surface area (Å²) in [6, 6.07) is 21.5. The summed E-state index contributed by atoms with van der Waals surface area (Å²) in [6.07, 6.45) is 1.72. The molecule has 0 saturated carbocycles. The molecule has 0 aliphatic carbocycles. The molecule has 0 unspecified atom stereocenters. The van der Waals surface area contributed by atoms with Gasteiger partial charge in [-0.3, -0.25) is 14.5 Å². The van der Waals surface area contributed by atoms with Gasteiger partial charge in [-0.05, 0) is 59.4 Å².